The average Bonchev–Trinajstić information content (AvgIpc) is 3.47. The van der Waals surface area contributed by atoms with Crippen LogP contribution >= 0.6 is 0 Å². The van der Waals surface area contributed by atoms with Gasteiger partial charge < -0.3 is 14.6 Å². The van der Waals surface area contributed by atoms with Crippen molar-refractivity contribution in [2.45, 2.75) is 82.8 Å². The maximum Gasteiger partial charge on any atom is 0.318 e. The Morgan fingerprint density at radius 2 is 1.96 bits per heavy atom. The quantitative estimate of drug-likeness (QED) is 0.874. The molecule has 3 aliphatic rings. The van der Waals surface area contributed by atoms with E-state index < -0.39 is 0 Å². The number of hydrogen-bond donors (Lipinski definition) is 1. The second-order valence-electron chi connectivity index (χ2n) is 7.77. The van der Waals surface area contributed by atoms with Gasteiger partial charge in [0.2, 0.25) is 0 Å². The van der Waals surface area contributed by atoms with E-state index in [1.165, 1.54) is 25.7 Å². The number of urea groups is 1. The Morgan fingerprint density at radius 3 is 2.61 bits per heavy atom. The molecule has 2 unspecified atom stereocenters. The van der Waals surface area contributed by atoms with Crippen molar-refractivity contribution in [1.82, 2.24) is 10.2 Å². The molecule has 0 saturated heterocycles. The monoisotopic (exact) mass is 316 g/mol. The van der Waals surface area contributed by atoms with Crippen molar-refractivity contribution in [2.75, 3.05) is 0 Å². The van der Waals surface area contributed by atoms with Crippen LogP contribution in [-0.2, 0) is 6.54 Å². The van der Waals surface area contributed by atoms with E-state index in [9.17, 15) is 4.79 Å². The summed E-state index contributed by atoms with van der Waals surface area (Å²) in [4.78, 5) is 14.7. The topological polar surface area (TPSA) is 45.5 Å². The summed E-state index contributed by atoms with van der Waals surface area (Å²) < 4.78 is 6.00. The molecule has 0 spiro atoms. The van der Waals surface area contributed by atoms with Gasteiger partial charge >= 0.3 is 6.03 Å². The van der Waals surface area contributed by atoms with Gasteiger partial charge in [0.1, 0.15) is 11.5 Å². The van der Waals surface area contributed by atoms with E-state index in [0.717, 1.165) is 43.1 Å². The standard InChI is InChI=1S/C19H28N2O2/c1-13-11-17(13)18-10-9-16(23-18)12-21(15-7-8-15)19(22)20-14-5-3-2-4-6-14/h9-10,13-15,17H,2-8,11-12H2,1H3,(H,20,22). The van der Waals surface area contributed by atoms with Gasteiger partial charge in [-0.1, -0.05) is 26.2 Å². The second kappa shape index (κ2) is 6.21. The van der Waals surface area contributed by atoms with Crippen LogP contribution in [0.2, 0.25) is 0 Å². The van der Waals surface area contributed by atoms with Crippen molar-refractivity contribution in [3.63, 3.8) is 0 Å². The third-order valence-electron chi connectivity index (χ3n) is 5.66. The van der Waals surface area contributed by atoms with Gasteiger partial charge in [0.15, 0.2) is 0 Å². The van der Waals surface area contributed by atoms with Crippen molar-refractivity contribution < 1.29 is 9.21 Å². The maximum absolute atomic E-state index is 12.7. The molecule has 23 heavy (non-hydrogen) atoms. The van der Waals surface area contributed by atoms with Crippen LogP contribution in [0.4, 0.5) is 4.79 Å². The van der Waals surface area contributed by atoms with E-state index >= 15 is 0 Å². The van der Waals surface area contributed by atoms with Gasteiger partial charge in [-0.05, 0) is 50.2 Å². The predicted octanol–water partition coefficient (Wildman–Crippen LogP) is 4.41. The fourth-order valence-electron chi connectivity index (χ4n) is 3.82. The number of rotatable bonds is 5. The molecule has 2 atom stereocenters. The maximum atomic E-state index is 12.7. The van der Waals surface area contributed by atoms with Gasteiger partial charge in [-0.3, -0.25) is 0 Å². The molecule has 3 saturated carbocycles. The fourth-order valence-corrected chi connectivity index (χ4v) is 3.82. The molecule has 0 radical (unpaired) electrons. The summed E-state index contributed by atoms with van der Waals surface area (Å²) in [6, 6.07) is 5.05. The zero-order chi connectivity index (χ0) is 15.8. The van der Waals surface area contributed by atoms with Gasteiger partial charge in [0.25, 0.3) is 0 Å². The van der Waals surface area contributed by atoms with Crippen molar-refractivity contribution >= 4 is 6.03 Å². The van der Waals surface area contributed by atoms with E-state index in [2.05, 4.69) is 24.4 Å². The summed E-state index contributed by atoms with van der Waals surface area (Å²) in [7, 11) is 0. The molecule has 0 bridgehead atoms. The highest BCUT2D eigenvalue weighted by molar-refractivity contribution is 5.75. The van der Waals surface area contributed by atoms with Crippen LogP contribution in [-0.4, -0.2) is 23.0 Å². The number of nitrogens with zero attached hydrogens (tertiary/aromatic N) is 1. The molecule has 1 aromatic heterocycles. The van der Waals surface area contributed by atoms with Gasteiger partial charge in [-0.25, -0.2) is 4.79 Å². The highest BCUT2D eigenvalue weighted by Gasteiger charge is 2.37. The number of hydrogen-bond acceptors (Lipinski definition) is 2. The lowest BCUT2D eigenvalue weighted by molar-refractivity contribution is 0.179. The minimum Gasteiger partial charge on any atom is -0.464 e. The summed E-state index contributed by atoms with van der Waals surface area (Å²) >= 11 is 0. The second-order valence-corrected chi connectivity index (χ2v) is 7.77. The van der Waals surface area contributed by atoms with Crippen LogP contribution in [0.25, 0.3) is 0 Å². The van der Waals surface area contributed by atoms with Crippen LogP contribution in [0.3, 0.4) is 0 Å². The molecule has 126 valence electrons. The van der Waals surface area contributed by atoms with E-state index in [0.29, 0.717) is 24.5 Å². The van der Waals surface area contributed by atoms with Crippen molar-refractivity contribution in [3.05, 3.63) is 23.7 Å². The fraction of sp³-hybridized carbons (Fsp3) is 0.737. The molecular weight excluding hydrogens is 288 g/mol. The Kier molecular flexibility index (Phi) is 4.08. The first kappa shape index (κ1) is 15.1. The lowest BCUT2D eigenvalue weighted by atomic mass is 9.96. The molecule has 0 aliphatic heterocycles. The Balaban J connectivity index is 1.37. The third kappa shape index (κ3) is 3.56. The van der Waals surface area contributed by atoms with E-state index in [1.54, 1.807) is 0 Å². The summed E-state index contributed by atoms with van der Waals surface area (Å²) in [5, 5.41) is 3.25. The first-order valence-corrected chi connectivity index (χ1v) is 9.36. The van der Waals surface area contributed by atoms with E-state index in [-0.39, 0.29) is 6.03 Å². The highest BCUT2D eigenvalue weighted by atomic mass is 16.3. The van der Waals surface area contributed by atoms with Crippen molar-refractivity contribution in [1.29, 1.82) is 0 Å². The smallest absolute Gasteiger partial charge is 0.318 e. The van der Waals surface area contributed by atoms with Crippen molar-refractivity contribution in [3.8, 4) is 0 Å². The number of amides is 2. The van der Waals surface area contributed by atoms with Gasteiger partial charge in [0, 0.05) is 18.0 Å². The van der Waals surface area contributed by atoms with Crippen LogP contribution in [0, 0.1) is 5.92 Å². The largest absolute Gasteiger partial charge is 0.464 e. The van der Waals surface area contributed by atoms with Crippen LogP contribution in [0.15, 0.2) is 16.5 Å². The zero-order valence-corrected chi connectivity index (χ0v) is 14.1. The predicted molar refractivity (Wildman–Crippen MR) is 89.2 cm³/mol. The molecule has 0 aromatic carbocycles. The number of carbonyl (C=O) groups is 1. The SMILES string of the molecule is CC1CC1c1ccc(CN(C(=O)NC2CCCCC2)C2CC2)o1. The minimum absolute atomic E-state index is 0.108. The molecule has 1 N–H and O–H groups in total. The summed E-state index contributed by atoms with van der Waals surface area (Å²) in [6.07, 6.45) is 9.57. The molecule has 2 amide bonds. The molecule has 3 fully saturated rings. The summed E-state index contributed by atoms with van der Waals surface area (Å²) in [6.45, 7) is 2.88. The Labute approximate surface area is 138 Å². The van der Waals surface area contributed by atoms with Crippen LogP contribution in [0.1, 0.15) is 75.7 Å². The molecule has 1 heterocycles. The van der Waals surface area contributed by atoms with Gasteiger partial charge in [0.05, 0.1) is 6.54 Å². The first-order chi connectivity index (χ1) is 11.2. The molecule has 4 nitrogen and oxygen atoms in total. The molecular formula is C19H28N2O2. The Hall–Kier alpha value is -1.45. The Morgan fingerprint density at radius 1 is 1.22 bits per heavy atom. The van der Waals surface area contributed by atoms with Gasteiger partial charge in [-0.2, -0.15) is 0 Å². The van der Waals surface area contributed by atoms with Gasteiger partial charge in [-0.15, -0.1) is 0 Å². The number of furan rings is 1. The molecule has 3 aliphatic carbocycles. The van der Waals surface area contributed by atoms with Crippen LogP contribution in [0.5, 0.6) is 0 Å². The lowest BCUT2D eigenvalue weighted by Gasteiger charge is -2.28. The zero-order valence-electron chi connectivity index (χ0n) is 14.1. The molecule has 4 rings (SSSR count). The Bertz CT molecular complexity index is 557. The number of nitrogens with one attached hydrogen (secondary N) is 1. The lowest BCUT2D eigenvalue weighted by Crippen LogP contribution is -2.46. The minimum atomic E-state index is 0.108. The van der Waals surface area contributed by atoms with Crippen molar-refractivity contribution in [2.24, 2.45) is 5.92 Å². The van der Waals surface area contributed by atoms with E-state index in [1.807, 2.05) is 4.90 Å². The normalized spacial score (nSPS) is 27.7. The molecule has 1 aromatic rings. The van der Waals surface area contributed by atoms with E-state index in [4.69, 9.17) is 4.42 Å². The highest BCUT2D eigenvalue weighted by Crippen LogP contribution is 2.47. The summed E-state index contributed by atoms with van der Waals surface area (Å²) in [5.74, 6) is 3.40. The average molecular weight is 316 g/mol. The number of carbonyl (C=O) groups excluding carboxylic acids is 1. The third-order valence-corrected chi connectivity index (χ3v) is 5.66. The van der Waals surface area contributed by atoms with Crippen LogP contribution < -0.4 is 5.32 Å². The molecule has 4 heteroatoms. The summed E-state index contributed by atoms with van der Waals surface area (Å²) in [5.41, 5.74) is 0. The first-order valence-electron chi connectivity index (χ1n) is 9.36.